The minimum Gasteiger partial charge on any atom is -0.399 e. The predicted molar refractivity (Wildman–Crippen MR) is 96.9 cm³/mol. The number of aromatic nitrogens is 2. The van der Waals surface area contributed by atoms with Gasteiger partial charge < -0.3 is 10.6 Å². The molecule has 3 rings (SSSR count). The lowest BCUT2D eigenvalue weighted by Crippen LogP contribution is -2.44. The van der Waals surface area contributed by atoms with E-state index in [2.05, 4.69) is 9.97 Å². The number of nitrogens with two attached hydrogens (primary N) is 2. The van der Waals surface area contributed by atoms with Crippen molar-refractivity contribution in [1.82, 2.24) is 14.9 Å². The van der Waals surface area contributed by atoms with Crippen LogP contribution in [-0.2, 0) is 6.18 Å². The molecule has 0 bridgehead atoms. The van der Waals surface area contributed by atoms with Gasteiger partial charge in [0.25, 0.3) is 5.91 Å². The first-order chi connectivity index (χ1) is 13.2. The van der Waals surface area contributed by atoms with Gasteiger partial charge in [0.05, 0.1) is 28.4 Å². The van der Waals surface area contributed by atoms with E-state index in [0.717, 1.165) is 12.1 Å². The van der Waals surface area contributed by atoms with Crippen LogP contribution in [0.1, 0.15) is 22.3 Å². The molecule has 1 amide bonds. The first-order valence-electron chi connectivity index (χ1n) is 8.14. The van der Waals surface area contributed by atoms with E-state index in [1.165, 1.54) is 28.4 Å². The van der Waals surface area contributed by atoms with Crippen molar-refractivity contribution in [2.24, 2.45) is 11.6 Å². The largest absolute Gasteiger partial charge is 0.417 e. The molecule has 0 aliphatic carbocycles. The van der Waals surface area contributed by atoms with Crippen molar-refractivity contribution in [3.8, 4) is 0 Å². The second-order valence-corrected chi connectivity index (χ2v) is 6.41. The molecular formula is C17H16ClF3N6O. The molecule has 148 valence electrons. The lowest BCUT2D eigenvalue weighted by molar-refractivity contribution is -0.137. The van der Waals surface area contributed by atoms with Gasteiger partial charge >= 0.3 is 6.18 Å². The Kier molecular flexibility index (Phi) is 5.43. The first kappa shape index (κ1) is 19.9. The quantitative estimate of drug-likeness (QED) is 0.593. The first-order valence-corrected chi connectivity index (χ1v) is 8.52. The van der Waals surface area contributed by atoms with Gasteiger partial charge in [-0.15, -0.1) is 0 Å². The smallest absolute Gasteiger partial charge is 0.399 e. The Morgan fingerprint density at radius 1 is 1.21 bits per heavy atom. The third kappa shape index (κ3) is 3.87. The number of anilines is 1. The molecule has 11 heteroatoms. The summed E-state index contributed by atoms with van der Waals surface area (Å²) in [5.41, 5.74) is 5.59. The number of halogens is 4. The summed E-state index contributed by atoms with van der Waals surface area (Å²) >= 11 is 5.85. The van der Waals surface area contributed by atoms with Crippen LogP contribution in [0.15, 0.2) is 48.1 Å². The Labute approximate surface area is 163 Å². The molecular weight excluding hydrogens is 397 g/mol. The average Bonchev–Trinajstić information content (AvgIpc) is 2.67. The van der Waals surface area contributed by atoms with Crippen LogP contribution in [0.2, 0.25) is 5.02 Å². The van der Waals surface area contributed by atoms with Crippen LogP contribution in [0.3, 0.4) is 0 Å². The van der Waals surface area contributed by atoms with Crippen molar-refractivity contribution in [1.29, 1.82) is 0 Å². The highest BCUT2D eigenvalue weighted by Crippen LogP contribution is 2.36. The third-order valence-corrected chi connectivity index (χ3v) is 4.64. The van der Waals surface area contributed by atoms with Crippen LogP contribution >= 0.6 is 11.6 Å². The van der Waals surface area contributed by atoms with Gasteiger partial charge in [-0.1, -0.05) is 17.7 Å². The Morgan fingerprint density at radius 2 is 1.89 bits per heavy atom. The number of alkyl halides is 3. The standard InChI is InChI=1S/C17H16ClF3N6O/c18-14-10(3-1-4-11(14)17(19,20)21)15(28)26-8-5-13(12(22)9-26)27(23)16-24-6-2-7-25-16/h1-4,6-7H,5,8-9,22-23H2. The Balaban J connectivity index is 1.83. The van der Waals surface area contributed by atoms with Crippen LogP contribution in [0.25, 0.3) is 0 Å². The molecule has 2 heterocycles. The molecule has 1 aromatic carbocycles. The fourth-order valence-electron chi connectivity index (χ4n) is 2.85. The van der Waals surface area contributed by atoms with Gasteiger partial charge in [0, 0.05) is 31.1 Å². The number of hydrogen-bond acceptors (Lipinski definition) is 6. The zero-order valence-electron chi connectivity index (χ0n) is 14.4. The van der Waals surface area contributed by atoms with Crippen molar-refractivity contribution in [3.05, 3.63) is 64.2 Å². The Bertz CT molecular complexity index is 919. The van der Waals surface area contributed by atoms with E-state index in [1.54, 1.807) is 6.07 Å². The monoisotopic (exact) mass is 412 g/mol. The molecule has 1 aliphatic rings. The Morgan fingerprint density at radius 3 is 2.50 bits per heavy atom. The summed E-state index contributed by atoms with van der Waals surface area (Å²) in [7, 11) is 0. The van der Waals surface area contributed by atoms with E-state index in [-0.39, 0.29) is 36.7 Å². The number of rotatable bonds is 3. The maximum Gasteiger partial charge on any atom is 0.417 e. The number of benzene rings is 1. The molecule has 0 atom stereocenters. The van der Waals surface area contributed by atoms with Crippen LogP contribution < -0.4 is 16.6 Å². The van der Waals surface area contributed by atoms with Crippen molar-refractivity contribution in [2.75, 3.05) is 18.1 Å². The SMILES string of the molecule is NC1=C(N(N)c2ncccn2)CCN(C(=O)c2cccc(C(F)(F)F)c2Cl)C1. The van der Waals surface area contributed by atoms with Crippen LogP contribution in [0.5, 0.6) is 0 Å². The topological polar surface area (TPSA) is 101 Å². The maximum absolute atomic E-state index is 13.0. The van der Waals surface area contributed by atoms with Crippen LogP contribution in [-0.4, -0.2) is 33.9 Å². The van der Waals surface area contributed by atoms with E-state index >= 15 is 0 Å². The van der Waals surface area contributed by atoms with Crippen molar-refractivity contribution in [2.45, 2.75) is 12.6 Å². The van der Waals surface area contributed by atoms with Gasteiger partial charge in [0.2, 0.25) is 5.95 Å². The summed E-state index contributed by atoms with van der Waals surface area (Å²) in [6.07, 6.45) is -1.33. The summed E-state index contributed by atoms with van der Waals surface area (Å²) in [4.78, 5) is 22.1. The summed E-state index contributed by atoms with van der Waals surface area (Å²) in [6, 6.07) is 4.86. The molecule has 1 aromatic heterocycles. The molecule has 0 fully saturated rings. The summed E-state index contributed by atoms with van der Waals surface area (Å²) in [5, 5.41) is 0.598. The Hall–Kier alpha value is -2.85. The van der Waals surface area contributed by atoms with Gasteiger partial charge in [0.15, 0.2) is 0 Å². The summed E-state index contributed by atoms with van der Waals surface area (Å²) in [5.74, 6) is 5.60. The lowest BCUT2D eigenvalue weighted by atomic mass is 10.1. The van der Waals surface area contributed by atoms with Crippen molar-refractivity contribution < 1.29 is 18.0 Å². The highest BCUT2D eigenvalue weighted by molar-refractivity contribution is 6.34. The average molecular weight is 413 g/mol. The normalized spacial score (nSPS) is 15.0. The number of hydrazine groups is 1. The van der Waals surface area contributed by atoms with Crippen LogP contribution in [0, 0.1) is 0 Å². The van der Waals surface area contributed by atoms with Gasteiger partial charge in [-0.05, 0) is 18.2 Å². The molecule has 28 heavy (non-hydrogen) atoms. The predicted octanol–water partition coefficient (Wildman–Crippen LogP) is 2.55. The molecule has 2 aromatic rings. The molecule has 0 saturated heterocycles. The van der Waals surface area contributed by atoms with Crippen LogP contribution in [0.4, 0.5) is 19.1 Å². The molecule has 7 nitrogen and oxygen atoms in total. The minimum absolute atomic E-state index is 0.0126. The highest BCUT2D eigenvalue weighted by Gasteiger charge is 2.35. The summed E-state index contributed by atoms with van der Waals surface area (Å²) < 4.78 is 39.1. The van der Waals surface area contributed by atoms with Gasteiger partial charge in [-0.2, -0.15) is 13.2 Å². The van der Waals surface area contributed by atoms with Crippen molar-refractivity contribution in [3.63, 3.8) is 0 Å². The number of hydrogen-bond donors (Lipinski definition) is 2. The lowest BCUT2D eigenvalue weighted by Gasteiger charge is -2.32. The minimum atomic E-state index is -4.66. The fraction of sp³-hybridized carbons (Fsp3) is 0.235. The van der Waals surface area contributed by atoms with E-state index < -0.39 is 22.7 Å². The number of nitrogens with zero attached hydrogens (tertiary/aromatic N) is 4. The summed E-state index contributed by atoms with van der Waals surface area (Å²) in [6.45, 7) is 0.184. The molecule has 1 aliphatic heterocycles. The van der Waals surface area contributed by atoms with Gasteiger partial charge in [0.1, 0.15) is 0 Å². The van der Waals surface area contributed by atoms with E-state index in [0.29, 0.717) is 5.70 Å². The zero-order valence-corrected chi connectivity index (χ0v) is 15.2. The molecule has 0 saturated carbocycles. The number of carbonyl (C=O) groups is 1. The zero-order chi connectivity index (χ0) is 20.5. The molecule has 0 radical (unpaired) electrons. The number of amides is 1. The third-order valence-electron chi connectivity index (χ3n) is 4.23. The number of carbonyl (C=O) groups excluding carboxylic acids is 1. The van der Waals surface area contributed by atoms with Gasteiger partial charge in [-0.25, -0.2) is 20.8 Å². The highest BCUT2D eigenvalue weighted by atomic mass is 35.5. The molecule has 0 unspecified atom stereocenters. The molecule has 0 spiro atoms. The fourth-order valence-corrected chi connectivity index (χ4v) is 3.16. The van der Waals surface area contributed by atoms with Gasteiger partial charge in [-0.3, -0.25) is 4.79 Å². The molecule has 4 N–H and O–H groups in total. The van der Waals surface area contributed by atoms with Crippen molar-refractivity contribution >= 4 is 23.5 Å². The maximum atomic E-state index is 13.0. The second kappa shape index (κ2) is 7.64. The van der Waals surface area contributed by atoms with E-state index in [1.807, 2.05) is 0 Å². The second-order valence-electron chi connectivity index (χ2n) is 6.03. The van der Waals surface area contributed by atoms with E-state index in [9.17, 15) is 18.0 Å². The van der Waals surface area contributed by atoms with E-state index in [4.69, 9.17) is 23.2 Å².